The van der Waals surface area contributed by atoms with Gasteiger partial charge in [0.25, 0.3) is 0 Å². The van der Waals surface area contributed by atoms with Crippen LogP contribution >= 0.6 is 0 Å². The largest absolute Gasteiger partial charge is 0.303 e. The number of hydrogen-bond donors (Lipinski definition) is 2. The molecule has 0 spiro atoms. The van der Waals surface area contributed by atoms with Crippen molar-refractivity contribution in [3.63, 3.8) is 0 Å². The third-order valence-corrected chi connectivity index (χ3v) is 3.21. The number of imide groups is 1. The molecule has 1 aromatic carbocycles. The van der Waals surface area contributed by atoms with Crippen molar-refractivity contribution < 1.29 is 14.0 Å². The van der Waals surface area contributed by atoms with E-state index in [1.807, 2.05) is 6.92 Å². The number of benzene rings is 1. The summed E-state index contributed by atoms with van der Waals surface area (Å²) in [5, 5.41) is 5.43. The number of piperidine rings is 1. The summed E-state index contributed by atoms with van der Waals surface area (Å²) < 4.78 is 13.5. The molecule has 0 aromatic heterocycles. The molecule has 0 saturated carbocycles. The van der Waals surface area contributed by atoms with Gasteiger partial charge in [0.1, 0.15) is 5.82 Å². The summed E-state index contributed by atoms with van der Waals surface area (Å²) in [6, 6.07) is 6.18. The fourth-order valence-electron chi connectivity index (χ4n) is 2.25. The fourth-order valence-corrected chi connectivity index (χ4v) is 2.25. The summed E-state index contributed by atoms with van der Waals surface area (Å²) in [6.45, 7) is 1.90. The Balaban J connectivity index is 1.91. The molecule has 19 heavy (non-hydrogen) atoms. The van der Waals surface area contributed by atoms with Crippen molar-refractivity contribution in [3.05, 3.63) is 35.6 Å². The number of hydrogen-bond acceptors (Lipinski definition) is 3. The number of amides is 2. The standard InChI is InChI=1S/C14H17FN2O2/c1-9(8-10-4-2-3-5-11(10)15)16-12-6-7-13(18)17-14(12)19/h2-5,9,12,16H,6-8H2,1H3,(H,17,18,19). The van der Waals surface area contributed by atoms with Gasteiger partial charge in [-0.2, -0.15) is 0 Å². The number of halogens is 1. The van der Waals surface area contributed by atoms with Crippen molar-refractivity contribution in [1.82, 2.24) is 10.6 Å². The molecule has 2 unspecified atom stereocenters. The van der Waals surface area contributed by atoms with E-state index in [-0.39, 0.29) is 29.7 Å². The lowest BCUT2D eigenvalue weighted by Gasteiger charge is -2.25. The Bertz CT molecular complexity index is 490. The predicted molar refractivity (Wildman–Crippen MR) is 68.9 cm³/mol. The van der Waals surface area contributed by atoms with Crippen molar-refractivity contribution in [2.75, 3.05) is 0 Å². The highest BCUT2D eigenvalue weighted by atomic mass is 19.1. The van der Waals surface area contributed by atoms with Crippen LogP contribution in [0.5, 0.6) is 0 Å². The second-order valence-electron chi connectivity index (χ2n) is 4.87. The van der Waals surface area contributed by atoms with Crippen molar-refractivity contribution in [1.29, 1.82) is 0 Å². The maximum Gasteiger partial charge on any atom is 0.243 e. The molecule has 2 atom stereocenters. The molecular formula is C14H17FN2O2. The first-order valence-corrected chi connectivity index (χ1v) is 6.39. The quantitative estimate of drug-likeness (QED) is 0.802. The van der Waals surface area contributed by atoms with Crippen LogP contribution in [0.15, 0.2) is 24.3 Å². The van der Waals surface area contributed by atoms with E-state index in [9.17, 15) is 14.0 Å². The summed E-state index contributed by atoms with van der Waals surface area (Å²) in [6.07, 6.45) is 1.34. The maximum absolute atomic E-state index is 13.5. The smallest absolute Gasteiger partial charge is 0.243 e. The van der Waals surface area contributed by atoms with E-state index in [4.69, 9.17) is 0 Å². The van der Waals surface area contributed by atoms with Crippen molar-refractivity contribution in [2.24, 2.45) is 0 Å². The summed E-state index contributed by atoms with van der Waals surface area (Å²) >= 11 is 0. The van der Waals surface area contributed by atoms with E-state index in [1.165, 1.54) is 6.07 Å². The number of carbonyl (C=O) groups excluding carboxylic acids is 2. The topological polar surface area (TPSA) is 58.2 Å². The van der Waals surface area contributed by atoms with Gasteiger partial charge in [0, 0.05) is 12.5 Å². The van der Waals surface area contributed by atoms with Gasteiger partial charge in [-0.25, -0.2) is 4.39 Å². The Morgan fingerprint density at radius 1 is 1.42 bits per heavy atom. The van der Waals surface area contributed by atoms with Crippen LogP contribution in [0, 0.1) is 5.82 Å². The van der Waals surface area contributed by atoms with Crippen LogP contribution in [0.25, 0.3) is 0 Å². The van der Waals surface area contributed by atoms with Crippen molar-refractivity contribution in [2.45, 2.75) is 38.3 Å². The van der Waals surface area contributed by atoms with Crippen LogP contribution in [0.1, 0.15) is 25.3 Å². The van der Waals surface area contributed by atoms with E-state index in [0.29, 0.717) is 24.8 Å². The summed E-state index contributed by atoms with van der Waals surface area (Å²) in [5.74, 6) is -0.763. The highest BCUT2D eigenvalue weighted by molar-refractivity contribution is 6.00. The van der Waals surface area contributed by atoms with Gasteiger partial charge >= 0.3 is 0 Å². The molecule has 1 saturated heterocycles. The Hall–Kier alpha value is -1.75. The van der Waals surface area contributed by atoms with Gasteiger partial charge in [-0.15, -0.1) is 0 Å². The van der Waals surface area contributed by atoms with Crippen molar-refractivity contribution >= 4 is 11.8 Å². The molecule has 0 radical (unpaired) electrons. The van der Waals surface area contributed by atoms with Crippen LogP contribution < -0.4 is 10.6 Å². The minimum atomic E-state index is -0.375. The zero-order valence-electron chi connectivity index (χ0n) is 10.8. The first kappa shape index (κ1) is 13.7. The Labute approximate surface area is 111 Å². The van der Waals surface area contributed by atoms with E-state index < -0.39 is 0 Å². The second kappa shape index (κ2) is 5.93. The molecule has 102 valence electrons. The van der Waals surface area contributed by atoms with E-state index in [0.717, 1.165) is 0 Å². The summed E-state index contributed by atoms with van der Waals surface area (Å²) in [5.41, 5.74) is 0.620. The minimum absolute atomic E-state index is 0.0409. The third kappa shape index (κ3) is 3.61. The zero-order chi connectivity index (χ0) is 13.8. The Morgan fingerprint density at radius 2 is 2.16 bits per heavy atom. The molecule has 1 heterocycles. The Morgan fingerprint density at radius 3 is 2.84 bits per heavy atom. The average molecular weight is 264 g/mol. The second-order valence-corrected chi connectivity index (χ2v) is 4.87. The molecule has 0 bridgehead atoms. The lowest BCUT2D eigenvalue weighted by molar-refractivity contribution is -0.134. The molecule has 2 amide bonds. The predicted octanol–water partition coefficient (Wildman–Crippen LogP) is 1.15. The van der Waals surface area contributed by atoms with Crippen LogP contribution in [0.2, 0.25) is 0 Å². The van der Waals surface area contributed by atoms with Gasteiger partial charge in [0.2, 0.25) is 11.8 Å². The molecule has 1 aliphatic heterocycles. The van der Waals surface area contributed by atoms with Crippen LogP contribution in [-0.4, -0.2) is 23.9 Å². The van der Waals surface area contributed by atoms with E-state index in [2.05, 4.69) is 10.6 Å². The van der Waals surface area contributed by atoms with Gasteiger partial charge in [-0.3, -0.25) is 14.9 Å². The molecule has 1 aromatic rings. The fraction of sp³-hybridized carbons (Fsp3) is 0.429. The molecule has 0 aliphatic carbocycles. The van der Waals surface area contributed by atoms with Gasteiger partial charge in [-0.05, 0) is 31.4 Å². The highest BCUT2D eigenvalue weighted by Crippen LogP contribution is 2.11. The average Bonchev–Trinajstić information content (AvgIpc) is 2.36. The van der Waals surface area contributed by atoms with E-state index >= 15 is 0 Å². The molecule has 5 heteroatoms. The van der Waals surface area contributed by atoms with E-state index in [1.54, 1.807) is 18.2 Å². The SMILES string of the molecule is CC(Cc1ccccc1F)NC1CCC(=O)NC1=O. The molecule has 2 rings (SSSR count). The number of rotatable bonds is 4. The lowest BCUT2D eigenvalue weighted by Crippen LogP contribution is -2.53. The lowest BCUT2D eigenvalue weighted by atomic mass is 10.0. The zero-order valence-corrected chi connectivity index (χ0v) is 10.8. The van der Waals surface area contributed by atoms with Gasteiger partial charge < -0.3 is 5.32 Å². The number of nitrogens with one attached hydrogen (secondary N) is 2. The monoisotopic (exact) mass is 264 g/mol. The van der Waals surface area contributed by atoms with Crippen LogP contribution in [0.3, 0.4) is 0 Å². The number of carbonyl (C=O) groups is 2. The molecule has 2 N–H and O–H groups in total. The van der Waals surface area contributed by atoms with Crippen LogP contribution in [-0.2, 0) is 16.0 Å². The third-order valence-electron chi connectivity index (χ3n) is 3.21. The molecule has 1 fully saturated rings. The molecule has 1 aliphatic rings. The van der Waals surface area contributed by atoms with Crippen LogP contribution in [0.4, 0.5) is 4.39 Å². The van der Waals surface area contributed by atoms with Gasteiger partial charge in [0.05, 0.1) is 6.04 Å². The first-order chi connectivity index (χ1) is 9.06. The molecular weight excluding hydrogens is 247 g/mol. The van der Waals surface area contributed by atoms with Gasteiger partial charge in [-0.1, -0.05) is 18.2 Å². The summed E-state index contributed by atoms with van der Waals surface area (Å²) in [7, 11) is 0. The Kier molecular flexibility index (Phi) is 4.27. The summed E-state index contributed by atoms with van der Waals surface area (Å²) in [4.78, 5) is 22.6. The normalized spacial score (nSPS) is 21.1. The minimum Gasteiger partial charge on any atom is -0.303 e. The molecule has 4 nitrogen and oxygen atoms in total. The first-order valence-electron chi connectivity index (χ1n) is 6.39. The maximum atomic E-state index is 13.5. The van der Waals surface area contributed by atoms with Crippen molar-refractivity contribution in [3.8, 4) is 0 Å². The highest BCUT2D eigenvalue weighted by Gasteiger charge is 2.27. The van der Waals surface area contributed by atoms with Gasteiger partial charge in [0.15, 0.2) is 0 Å².